The number of rotatable bonds is 8. The lowest BCUT2D eigenvalue weighted by Crippen LogP contribution is -2.43. The summed E-state index contributed by atoms with van der Waals surface area (Å²) in [5, 5.41) is 3.24. The van der Waals surface area contributed by atoms with Gasteiger partial charge in [0.1, 0.15) is 18.3 Å². The Morgan fingerprint density at radius 3 is 2.46 bits per heavy atom. The summed E-state index contributed by atoms with van der Waals surface area (Å²) in [4.78, 5) is 50.8. The van der Waals surface area contributed by atoms with Gasteiger partial charge in [-0.2, -0.15) is 11.8 Å². The molecule has 1 aromatic rings. The molecule has 0 fully saturated rings. The predicted molar refractivity (Wildman–Crippen MR) is 132 cm³/mol. The first kappa shape index (κ1) is 26.5. The fourth-order valence-electron chi connectivity index (χ4n) is 4.59. The van der Waals surface area contributed by atoms with Crippen molar-refractivity contribution in [3.05, 3.63) is 52.4 Å². The number of ketones is 1. The molecular formula is C26H31NO7S. The van der Waals surface area contributed by atoms with Crippen LogP contribution in [0.15, 0.2) is 46.8 Å². The van der Waals surface area contributed by atoms with Crippen molar-refractivity contribution >= 4 is 35.5 Å². The average molecular weight is 502 g/mol. The Kier molecular flexibility index (Phi) is 8.77. The van der Waals surface area contributed by atoms with Crippen LogP contribution in [0.2, 0.25) is 0 Å². The summed E-state index contributed by atoms with van der Waals surface area (Å²) < 4.78 is 15.6. The highest BCUT2D eigenvalue weighted by molar-refractivity contribution is 7.99. The first-order valence-corrected chi connectivity index (χ1v) is 12.7. The van der Waals surface area contributed by atoms with E-state index in [1.165, 1.54) is 14.0 Å². The molecule has 0 saturated carbocycles. The Hall–Kier alpha value is -3.07. The van der Waals surface area contributed by atoms with E-state index in [-0.39, 0.29) is 18.3 Å². The molecule has 1 aliphatic heterocycles. The van der Waals surface area contributed by atoms with Crippen molar-refractivity contribution in [2.45, 2.75) is 40.0 Å². The molecule has 0 spiro atoms. The summed E-state index contributed by atoms with van der Waals surface area (Å²) in [6, 6.07) is 6.65. The zero-order valence-corrected chi connectivity index (χ0v) is 21.5. The molecule has 3 atom stereocenters. The third-order valence-electron chi connectivity index (χ3n) is 6.10. The zero-order valence-electron chi connectivity index (χ0n) is 20.6. The number of hydrogen-bond donors (Lipinski definition) is 1. The van der Waals surface area contributed by atoms with Crippen LogP contribution in [0.3, 0.4) is 0 Å². The van der Waals surface area contributed by atoms with Gasteiger partial charge in [0, 0.05) is 35.6 Å². The largest absolute Gasteiger partial charge is 0.468 e. The molecule has 1 N–H and O–H groups in total. The molecule has 3 rings (SSSR count). The van der Waals surface area contributed by atoms with Crippen molar-refractivity contribution in [1.82, 2.24) is 5.32 Å². The molecule has 1 aromatic carbocycles. The number of carbonyl (C=O) groups is 4. The van der Waals surface area contributed by atoms with Gasteiger partial charge in [-0.05, 0) is 42.7 Å². The Morgan fingerprint density at radius 1 is 1.17 bits per heavy atom. The highest BCUT2D eigenvalue weighted by atomic mass is 32.2. The fourth-order valence-corrected chi connectivity index (χ4v) is 5.08. The van der Waals surface area contributed by atoms with E-state index < -0.39 is 29.7 Å². The Morgan fingerprint density at radius 2 is 1.86 bits per heavy atom. The van der Waals surface area contributed by atoms with Gasteiger partial charge in [0.25, 0.3) is 0 Å². The van der Waals surface area contributed by atoms with Crippen molar-refractivity contribution in [2.75, 3.05) is 25.2 Å². The topological polar surface area (TPSA) is 108 Å². The molecule has 0 aromatic heterocycles. The van der Waals surface area contributed by atoms with E-state index in [0.717, 1.165) is 5.75 Å². The van der Waals surface area contributed by atoms with E-state index >= 15 is 0 Å². The van der Waals surface area contributed by atoms with Crippen LogP contribution >= 0.6 is 11.8 Å². The van der Waals surface area contributed by atoms with Crippen molar-refractivity contribution in [2.24, 2.45) is 11.8 Å². The number of ether oxygens (including phenoxy) is 3. The second-order valence-electron chi connectivity index (χ2n) is 8.53. The lowest BCUT2D eigenvalue weighted by Gasteiger charge is -2.38. The van der Waals surface area contributed by atoms with Crippen molar-refractivity contribution in [3.63, 3.8) is 0 Å². The molecule has 1 heterocycles. The van der Waals surface area contributed by atoms with Crippen molar-refractivity contribution < 1.29 is 33.4 Å². The second-order valence-corrected chi connectivity index (χ2v) is 9.92. The number of esters is 3. The Labute approximate surface area is 209 Å². The minimum absolute atomic E-state index is 0.244. The Bertz CT molecular complexity index is 1070. The van der Waals surface area contributed by atoms with E-state index in [2.05, 4.69) is 5.32 Å². The lowest BCUT2D eigenvalue weighted by atomic mass is 9.69. The predicted octanol–water partition coefficient (Wildman–Crippen LogP) is 3.52. The second kappa shape index (κ2) is 11.6. The maximum Gasteiger partial charge on any atom is 0.336 e. The minimum Gasteiger partial charge on any atom is -0.468 e. The van der Waals surface area contributed by atoms with Gasteiger partial charge < -0.3 is 19.5 Å². The smallest absolute Gasteiger partial charge is 0.336 e. The van der Waals surface area contributed by atoms with Crippen LogP contribution in [0.4, 0.5) is 0 Å². The number of methoxy groups -OCH3 is 1. The van der Waals surface area contributed by atoms with E-state index in [1.807, 2.05) is 13.8 Å². The van der Waals surface area contributed by atoms with Gasteiger partial charge >= 0.3 is 17.9 Å². The molecule has 35 heavy (non-hydrogen) atoms. The molecule has 2 aliphatic rings. The number of carbonyl (C=O) groups excluding carboxylic acids is 4. The zero-order chi connectivity index (χ0) is 25.7. The average Bonchev–Trinajstić information content (AvgIpc) is 2.80. The van der Waals surface area contributed by atoms with Crippen LogP contribution in [-0.4, -0.2) is 48.9 Å². The van der Waals surface area contributed by atoms with Crippen LogP contribution in [-0.2, 0) is 28.7 Å². The maximum atomic E-state index is 13.7. The van der Waals surface area contributed by atoms with Gasteiger partial charge in [0.05, 0.1) is 12.7 Å². The van der Waals surface area contributed by atoms with Crippen LogP contribution in [0.5, 0.6) is 5.75 Å². The van der Waals surface area contributed by atoms with Crippen LogP contribution in [0.25, 0.3) is 0 Å². The standard InChI is InChI=1S/C26H31NO7S/c1-6-35-12-11-33-26(31)21-15(3)27-19-13-14(2)20(25(30)32-5)24(29)23(19)22(21)17-7-9-18(10-8-17)34-16(4)28/h7-10,14,20,22,27H,6,11-13H2,1-5H3/t14-,20+,22-/m0/s1. The molecule has 0 amide bonds. The number of nitrogens with one attached hydrogen (secondary N) is 1. The molecule has 0 unspecified atom stereocenters. The highest BCUT2D eigenvalue weighted by Crippen LogP contribution is 2.45. The Balaban J connectivity index is 2.06. The number of dihydropyridines is 1. The highest BCUT2D eigenvalue weighted by Gasteiger charge is 2.47. The van der Waals surface area contributed by atoms with E-state index in [1.54, 1.807) is 43.0 Å². The van der Waals surface area contributed by atoms with E-state index in [9.17, 15) is 19.2 Å². The third kappa shape index (κ3) is 5.78. The minimum atomic E-state index is -0.958. The van der Waals surface area contributed by atoms with Crippen LogP contribution in [0, 0.1) is 11.8 Å². The first-order valence-electron chi connectivity index (χ1n) is 11.6. The summed E-state index contributed by atoms with van der Waals surface area (Å²) in [7, 11) is 1.26. The molecule has 8 nitrogen and oxygen atoms in total. The van der Waals surface area contributed by atoms with Gasteiger partial charge in [0.15, 0.2) is 5.78 Å². The third-order valence-corrected chi connectivity index (χ3v) is 6.97. The lowest BCUT2D eigenvalue weighted by molar-refractivity contribution is -0.151. The number of allylic oxidation sites excluding steroid dienone is 3. The van der Waals surface area contributed by atoms with Gasteiger partial charge in [-0.25, -0.2) is 4.79 Å². The SMILES string of the molecule is CCSCCOC(=O)C1=C(C)NC2=C(C(=O)[C@H](C(=O)OC)[C@@H](C)C2)[C@H]1c1ccc(OC(C)=O)cc1. The number of hydrogen-bond acceptors (Lipinski definition) is 9. The monoisotopic (exact) mass is 501 g/mol. The number of benzene rings is 1. The van der Waals surface area contributed by atoms with E-state index in [4.69, 9.17) is 14.2 Å². The number of thioether (sulfide) groups is 1. The summed E-state index contributed by atoms with van der Waals surface area (Å²) in [6.45, 7) is 7.20. The summed E-state index contributed by atoms with van der Waals surface area (Å²) in [5.74, 6) is -1.97. The molecule has 0 bridgehead atoms. The molecular weight excluding hydrogens is 470 g/mol. The quantitative estimate of drug-likeness (QED) is 0.248. The fraction of sp³-hybridized carbons (Fsp3) is 0.462. The molecule has 9 heteroatoms. The van der Waals surface area contributed by atoms with Crippen molar-refractivity contribution in [1.29, 1.82) is 0 Å². The van der Waals surface area contributed by atoms with E-state index in [0.29, 0.717) is 46.0 Å². The molecule has 188 valence electrons. The van der Waals surface area contributed by atoms with Crippen molar-refractivity contribution in [3.8, 4) is 5.75 Å². The molecule has 1 aliphatic carbocycles. The molecule has 0 saturated heterocycles. The van der Waals surface area contributed by atoms with Gasteiger partial charge in [-0.3, -0.25) is 14.4 Å². The first-order chi connectivity index (χ1) is 16.7. The van der Waals surface area contributed by atoms with Gasteiger partial charge in [-0.15, -0.1) is 0 Å². The number of Topliss-reactive ketones (excluding diaryl/α,β-unsaturated/α-hetero) is 1. The summed E-state index contributed by atoms with van der Waals surface area (Å²) in [5.41, 5.74) is 2.61. The van der Waals surface area contributed by atoms with Crippen LogP contribution < -0.4 is 10.1 Å². The van der Waals surface area contributed by atoms with Gasteiger partial charge in [0.2, 0.25) is 0 Å². The molecule has 0 radical (unpaired) electrons. The van der Waals surface area contributed by atoms with Crippen LogP contribution in [0.1, 0.15) is 45.6 Å². The maximum absolute atomic E-state index is 13.7. The summed E-state index contributed by atoms with van der Waals surface area (Å²) >= 11 is 1.66. The normalized spacial score (nSPS) is 21.7. The van der Waals surface area contributed by atoms with Gasteiger partial charge in [-0.1, -0.05) is 26.0 Å². The summed E-state index contributed by atoms with van der Waals surface area (Å²) in [6.07, 6.45) is 0.454.